The number of aromatic amines is 1. The van der Waals surface area contributed by atoms with E-state index in [1.165, 1.54) is 6.33 Å². The van der Waals surface area contributed by atoms with Crippen molar-refractivity contribution in [2.45, 2.75) is 0 Å². The molecule has 1 fully saturated rings. The normalized spacial score (nSPS) is 15.1. The minimum atomic E-state index is 0.0156. The van der Waals surface area contributed by atoms with Crippen LogP contribution in [0.3, 0.4) is 0 Å². The molecule has 1 amide bonds. The van der Waals surface area contributed by atoms with E-state index < -0.39 is 0 Å². The van der Waals surface area contributed by atoms with Gasteiger partial charge in [-0.25, -0.2) is 4.98 Å². The first-order valence-electron chi connectivity index (χ1n) is 6.94. The molecule has 1 aliphatic heterocycles. The Morgan fingerprint density at radius 2 is 1.90 bits per heavy atom. The fraction of sp³-hybridized carbons (Fsp3) is 0.333. The van der Waals surface area contributed by atoms with Crippen LogP contribution in [0, 0.1) is 0 Å². The van der Waals surface area contributed by atoms with Crippen molar-refractivity contribution in [3.05, 3.63) is 42.5 Å². The maximum absolute atomic E-state index is 12.2. The SMILES string of the molecule is COc1ccc(N2CCN(C(=O)c3cnc[nH]3)CC2)cc1. The Balaban J connectivity index is 1.60. The second-order valence-corrected chi connectivity index (χ2v) is 4.94. The molecule has 0 unspecified atom stereocenters. The molecule has 0 radical (unpaired) electrons. The number of imidazole rings is 1. The van der Waals surface area contributed by atoms with Gasteiger partial charge in [0.25, 0.3) is 5.91 Å². The standard InChI is InChI=1S/C15H18N4O2/c1-21-13-4-2-12(3-5-13)18-6-8-19(9-7-18)15(20)14-10-16-11-17-14/h2-5,10-11H,6-9H2,1H3,(H,16,17). The predicted molar refractivity (Wildman–Crippen MR) is 79.7 cm³/mol. The van der Waals surface area contributed by atoms with Crippen LogP contribution in [0.1, 0.15) is 10.5 Å². The fourth-order valence-electron chi connectivity index (χ4n) is 2.50. The summed E-state index contributed by atoms with van der Waals surface area (Å²) < 4.78 is 5.17. The van der Waals surface area contributed by atoms with E-state index in [0.717, 1.165) is 24.5 Å². The van der Waals surface area contributed by atoms with E-state index in [-0.39, 0.29) is 5.91 Å². The molecular weight excluding hydrogens is 268 g/mol. The van der Waals surface area contributed by atoms with Crippen molar-refractivity contribution in [3.8, 4) is 5.75 Å². The van der Waals surface area contributed by atoms with Crippen molar-refractivity contribution in [2.24, 2.45) is 0 Å². The maximum Gasteiger partial charge on any atom is 0.272 e. The Labute approximate surface area is 123 Å². The molecule has 0 saturated carbocycles. The molecule has 6 heteroatoms. The van der Waals surface area contributed by atoms with Gasteiger partial charge >= 0.3 is 0 Å². The summed E-state index contributed by atoms with van der Waals surface area (Å²) in [5, 5.41) is 0. The number of carbonyl (C=O) groups excluding carboxylic acids is 1. The van der Waals surface area contributed by atoms with Crippen LogP contribution >= 0.6 is 0 Å². The van der Waals surface area contributed by atoms with E-state index in [1.54, 1.807) is 13.3 Å². The molecule has 6 nitrogen and oxygen atoms in total. The highest BCUT2D eigenvalue weighted by Crippen LogP contribution is 2.20. The van der Waals surface area contributed by atoms with Crippen molar-refractivity contribution < 1.29 is 9.53 Å². The van der Waals surface area contributed by atoms with Crippen LogP contribution in [0.4, 0.5) is 5.69 Å². The minimum Gasteiger partial charge on any atom is -0.497 e. The van der Waals surface area contributed by atoms with Gasteiger partial charge in [0, 0.05) is 31.9 Å². The highest BCUT2D eigenvalue weighted by Gasteiger charge is 2.22. The van der Waals surface area contributed by atoms with Gasteiger partial charge in [-0.2, -0.15) is 0 Å². The van der Waals surface area contributed by atoms with E-state index in [9.17, 15) is 4.79 Å². The lowest BCUT2D eigenvalue weighted by molar-refractivity contribution is 0.0741. The molecule has 0 spiro atoms. The number of methoxy groups -OCH3 is 1. The van der Waals surface area contributed by atoms with E-state index in [1.807, 2.05) is 29.2 Å². The summed E-state index contributed by atoms with van der Waals surface area (Å²) in [6.45, 7) is 3.08. The lowest BCUT2D eigenvalue weighted by atomic mass is 10.2. The van der Waals surface area contributed by atoms with Crippen LogP contribution < -0.4 is 9.64 Å². The summed E-state index contributed by atoms with van der Waals surface area (Å²) in [5.41, 5.74) is 1.71. The number of aromatic nitrogens is 2. The van der Waals surface area contributed by atoms with Gasteiger partial charge in [-0.15, -0.1) is 0 Å². The van der Waals surface area contributed by atoms with Crippen molar-refractivity contribution in [1.29, 1.82) is 0 Å². The zero-order chi connectivity index (χ0) is 14.7. The molecule has 2 heterocycles. The molecule has 0 atom stereocenters. The smallest absolute Gasteiger partial charge is 0.272 e. The number of hydrogen-bond donors (Lipinski definition) is 1. The van der Waals surface area contributed by atoms with E-state index in [2.05, 4.69) is 14.9 Å². The molecule has 0 aliphatic carbocycles. The molecule has 1 aromatic carbocycles. The largest absolute Gasteiger partial charge is 0.497 e. The quantitative estimate of drug-likeness (QED) is 0.926. The third kappa shape index (κ3) is 2.84. The van der Waals surface area contributed by atoms with E-state index in [0.29, 0.717) is 18.8 Å². The second kappa shape index (κ2) is 5.87. The number of rotatable bonds is 3. The number of H-pyrrole nitrogens is 1. The van der Waals surface area contributed by atoms with Crippen LogP contribution in [0.25, 0.3) is 0 Å². The van der Waals surface area contributed by atoms with Crippen molar-refractivity contribution >= 4 is 11.6 Å². The van der Waals surface area contributed by atoms with Gasteiger partial charge in [0.05, 0.1) is 19.6 Å². The van der Waals surface area contributed by atoms with Gasteiger partial charge in [-0.05, 0) is 24.3 Å². The number of nitrogens with zero attached hydrogens (tertiary/aromatic N) is 3. The number of nitrogens with one attached hydrogen (secondary N) is 1. The summed E-state index contributed by atoms with van der Waals surface area (Å²) in [5.74, 6) is 0.869. The van der Waals surface area contributed by atoms with Crippen LogP contribution in [-0.4, -0.2) is 54.1 Å². The first-order chi connectivity index (χ1) is 10.3. The molecule has 1 aliphatic rings. The zero-order valence-electron chi connectivity index (χ0n) is 12.0. The molecule has 2 aromatic rings. The molecule has 0 bridgehead atoms. The average Bonchev–Trinajstić information content (AvgIpc) is 3.09. The molecule has 1 N–H and O–H groups in total. The average molecular weight is 286 g/mol. The first kappa shape index (κ1) is 13.5. The van der Waals surface area contributed by atoms with E-state index in [4.69, 9.17) is 4.74 Å². The molecule has 3 rings (SSSR count). The zero-order valence-corrected chi connectivity index (χ0v) is 12.0. The topological polar surface area (TPSA) is 61.5 Å². The molecule has 110 valence electrons. The Bertz CT molecular complexity index is 587. The summed E-state index contributed by atoms with van der Waals surface area (Å²) in [4.78, 5) is 23.1. The number of piperazine rings is 1. The monoisotopic (exact) mass is 286 g/mol. The number of anilines is 1. The van der Waals surface area contributed by atoms with Crippen LogP contribution in [-0.2, 0) is 0 Å². The van der Waals surface area contributed by atoms with Crippen LogP contribution in [0.5, 0.6) is 5.75 Å². The third-order valence-corrected chi connectivity index (χ3v) is 3.73. The number of benzene rings is 1. The Morgan fingerprint density at radius 3 is 2.48 bits per heavy atom. The third-order valence-electron chi connectivity index (χ3n) is 3.73. The van der Waals surface area contributed by atoms with Gasteiger partial charge in [-0.3, -0.25) is 4.79 Å². The Hall–Kier alpha value is -2.50. The second-order valence-electron chi connectivity index (χ2n) is 4.94. The van der Waals surface area contributed by atoms with Crippen molar-refractivity contribution in [3.63, 3.8) is 0 Å². The molecule has 21 heavy (non-hydrogen) atoms. The Kier molecular flexibility index (Phi) is 3.77. The summed E-state index contributed by atoms with van der Waals surface area (Å²) >= 11 is 0. The molecule has 1 aromatic heterocycles. The summed E-state index contributed by atoms with van der Waals surface area (Å²) in [7, 11) is 1.66. The lowest BCUT2D eigenvalue weighted by Gasteiger charge is -2.35. The number of carbonyl (C=O) groups is 1. The maximum atomic E-state index is 12.2. The van der Waals surface area contributed by atoms with Crippen molar-refractivity contribution in [1.82, 2.24) is 14.9 Å². The number of amides is 1. The summed E-state index contributed by atoms with van der Waals surface area (Å²) in [6.07, 6.45) is 3.10. The molecular formula is C15H18N4O2. The van der Waals surface area contributed by atoms with E-state index >= 15 is 0 Å². The van der Waals surface area contributed by atoms with Crippen LogP contribution in [0.15, 0.2) is 36.8 Å². The minimum absolute atomic E-state index is 0.0156. The van der Waals surface area contributed by atoms with Gasteiger partial charge < -0.3 is 19.5 Å². The summed E-state index contributed by atoms with van der Waals surface area (Å²) in [6, 6.07) is 8.01. The molecule has 1 saturated heterocycles. The Morgan fingerprint density at radius 1 is 1.19 bits per heavy atom. The fourth-order valence-corrected chi connectivity index (χ4v) is 2.50. The first-order valence-corrected chi connectivity index (χ1v) is 6.94. The number of hydrogen-bond acceptors (Lipinski definition) is 4. The van der Waals surface area contributed by atoms with Gasteiger partial charge in [0.15, 0.2) is 0 Å². The van der Waals surface area contributed by atoms with Crippen molar-refractivity contribution in [2.75, 3.05) is 38.2 Å². The highest BCUT2D eigenvalue weighted by atomic mass is 16.5. The van der Waals surface area contributed by atoms with Gasteiger partial charge in [0.2, 0.25) is 0 Å². The number of ether oxygens (including phenoxy) is 1. The lowest BCUT2D eigenvalue weighted by Crippen LogP contribution is -2.48. The predicted octanol–water partition coefficient (Wildman–Crippen LogP) is 1.38. The highest BCUT2D eigenvalue weighted by molar-refractivity contribution is 5.92. The van der Waals surface area contributed by atoms with Gasteiger partial charge in [-0.1, -0.05) is 0 Å². The van der Waals surface area contributed by atoms with Gasteiger partial charge in [0.1, 0.15) is 11.4 Å². The van der Waals surface area contributed by atoms with Crippen LogP contribution in [0.2, 0.25) is 0 Å².